The van der Waals surface area contributed by atoms with Crippen LogP contribution in [-0.4, -0.2) is 4.98 Å². The molecule has 0 bridgehead atoms. The Balaban J connectivity index is 3.20. The smallest absolute Gasteiger partial charge is 0.0901 e. The number of hydrogen-bond acceptors (Lipinski definition) is 3. The Morgan fingerprint density at radius 3 is 2.23 bits per heavy atom. The Bertz CT molecular complexity index is 294. The average Bonchev–Trinajstić information content (AvgIpc) is 2.29. The third-order valence-corrected chi connectivity index (χ3v) is 3.06. The first kappa shape index (κ1) is 10.7. The maximum Gasteiger partial charge on any atom is 0.0901 e. The fourth-order valence-electron chi connectivity index (χ4n) is 1.29. The Hall–Kier alpha value is -0.410. The zero-order valence-corrected chi connectivity index (χ0v) is 9.83. The molecule has 74 valence electrons. The van der Waals surface area contributed by atoms with Gasteiger partial charge >= 0.3 is 0 Å². The zero-order valence-electron chi connectivity index (χ0n) is 9.01. The molecular formula is C10H18N2S. The molecule has 0 saturated heterocycles. The first-order valence-corrected chi connectivity index (χ1v) is 5.37. The Kier molecular flexibility index (Phi) is 2.78. The number of nitrogens with zero attached hydrogens (tertiary/aromatic N) is 1. The summed E-state index contributed by atoms with van der Waals surface area (Å²) in [7, 11) is 0. The van der Waals surface area contributed by atoms with E-state index in [0.717, 1.165) is 10.7 Å². The van der Waals surface area contributed by atoms with Crippen LogP contribution in [0.2, 0.25) is 0 Å². The molecule has 2 N–H and O–H groups in total. The summed E-state index contributed by atoms with van der Waals surface area (Å²) in [6.07, 6.45) is 0. The summed E-state index contributed by atoms with van der Waals surface area (Å²) in [5.74, 6) is 0. The fourth-order valence-corrected chi connectivity index (χ4v) is 2.38. The van der Waals surface area contributed by atoms with Gasteiger partial charge in [-0.3, -0.25) is 0 Å². The molecule has 1 rings (SSSR count). The van der Waals surface area contributed by atoms with E-state index in [4.69, 9.17) is 5.73 Å². The maximum atomic E-state index is 5.89. The van der Waals surface area contributed by atoms with Gasteiger partial charge in [-0.2, -0.15) is 0 Å². The van der Waals surface area contributed by atoms with Gasteiger partial charge in [0.25, 0.3) is 0 Å². The molecule has 0 amide bonds. The van der Waals surface area contributed by atoms with Gasteiger partial charge in [-0.25, -0.2) is 4.98 Å². The van der Waals surface area contributed by atoms with E-state index in [1.165, 1.54) is 4.88 Å². The van der Waals surface area contributed by atoms with Gasteiger partial charge in [-0.1, -0.05) is 20.8 Å². The molecule has 1 aromatic rings. The molecule has 1 aromatic heterocycles. The summed E-state index contributed by atoms with van der Waals surface area (Å²) in [6, 6.07) is 0.0976. The van der Waals surface area contributed by atoms with Crippen molar-refractivity contribution >= 4 is 11.3 Å². The van der Waals surface area contributed by atoms with E-state index >= 15 is 0 Å². The Morgan fingerprint density at radius 2 is 1.92 bits per heavy atom. The minimum absolute atomic E-state index is 0.0976. The van der Waals surface area contributed by atoms with Crippen LogP contribution in [0.25, 0.3) is 0 Å². The molecule has 0 radical (unpaired) electrons. The van der Waals surface area contributed by atoms with E-state index in [1.54, 1.807) is 11.3 Å². The summed E-state index contributed by atoms with van der Waals surface area (Å²) in [5.41, 5.74) is 7.16. The lowest BCUT2D eigenvalue weighted by molar-refractivity contribution is 0.559. The standard InChI is InChI=1S/C10H18N2S/c1-6(11)8-9(10(3,4)5)12-7(2)13-8/h6H,11H2,1-5H3. The van der Waals surface area contributed by atoms with Crippen molar-refractivity contribution in [2.24, 2.45) is 5.73 Å². The second-order valence-electron chi connectivity index (χ2n) is 4.48. The fraction of sp³-hybridized carbons (Fsp3) is 0.700. The van der Waals surface area contributed by atoms with E-state index in [0.29, 0.717) is 0 Å². The summed E-state index contributed by atoms with van der Waals surface area (Å²) < 4.78 is 0. The molecule has 0 spiro atoms. The molecule has 0 aliphatic carbocycles. The maximum absolute atomic E-state index is 5.89. The van der Waals surface area contributed by atoms with Crippen LogP contribution >= 0.6 is 11.3 Å². The molecular weight excluding hydrogens is 180 g/mol. The number of rotatable bonds is 1. The topological polar surface area (TPSA) is 38.9 Å². The number of aryl methyl sites for hydroxylation is 1. The van der Waals surface area contributed by atoms with Gasteiger partial charge in [0.2, 0.25) is 0 Å². The molecule has 1 heterocycles. The largest absolute Gasteiger partial charge is 0.323 e. The van der Waals surface area contributed by atoms with Crippen LogP contribution in [0.5, 0.6) is 0 Å². The number of aromatic nitrogens is 1. The lowest BCUT2D eigenvalue weighted by Gasteiger charge is -2.18. The van der Waals surface area contributed by atoms with Crippen LogP contribution in [-0.2, 0) is 5.41 Å². The second kappa shape index (κ2) is 3.39. The predicted octanol–water partition coefficient (Wildman–Crippen LogP) is 2.77. The summed E-state index contributed by atoms with van der Waals surface area (Å²) in [6.45, 7) is 10.6. The lowest BCUT2D eigenvalue weighted by atomic mass is 9.90. The number of hydrogen-bond donors (Lipinski definition) is 1. The molecule has 1 unspecified atom stereocenters. The minimum atomic E-state index is 0.0976. The van der Waals surface area contributed by atoms with Crippen molar-refractivity contribution in [2.75, 3.05) is 0 Å². The van der Waals surface area contributed by atoms with Crippen molar-refractivity contribution < 1.29 is 0 Å². The highest BCUT2D eigenvalue weighted by atomic mass is 32.1. The van der Waals surface area contributed by atoms with Crippen molar-refractivity contribution in [1.29, 1.82) is 0 Å². The van der Waals surface area contributed by atoms with Gasteiger partial charge in [-0.15, -0.1) is 11.3 Å². The van der Waals surface area contributed by atoms with Crippen LogP contribution in [0, 0.1) is 6.92 Å². The zero-order chi connectivity index (χ0) is 10.2. The first-order valence-electron chi connectivity index (χ1n) is 4.55. The minimum Gasteiger partial charge on any atom is -0.323 e. The SMILES string of the molecule is Cc1nc(C(C)(C)C)c(C(C)N)s1. The van der Waals surface area contributed by atoms with Crippen LogP contribution in [0.4, 0.5) is 0 Å². The number of nitrogens with two attached hydrogens (primary N) is 1. The lowest BCUT2D eigenvalue weighted by Crippen LogP contribution is -2.17. The summed E-state index contributed by atoms with van der Waals surface area (Å²) in [4.78, 5) is 5.77. The van der Waals surface area contributed by atoms with Crippen molar-refractivity contribution in [2.45, 2.75) is 46.1 Å². The third kappa shape index (κ3) is 2.29. The molecule has 0 fully saturated rings. The van der Waals surface area contributed by atoms with Gasteiger partial charge in [0.05, 0.1) is 10.7 Å². The Labute approximate surface area is 84.2 Å². The summed E-state index contributed by atoms with van der Waals surface area (Å²) in [5, 5.41) is 1.11. The molecule has 0 aliphatic rings. The highest BCUT2D eigenvalue weighted by Crippen LogP contribution is 2.32. The van der Waals surface area contributed by atoms with Gasteiger partial charge in [-0.05, 0) is 13.8 Å². The van der Waals surface area contributed by atoms with E-state index in [-0.39, 0.29) is 11.5 Å². The predicted molar refractivity (Wildman–Crippen MR) is 58.2 cm³/mol. The number of thiazole rings is 1. The van der Waals surface area contributed by atoms with E-state index < -0.39 is 0 Å². The molecule has 1 atom stereocenters. The van der Waals surface area contributed by atoms with Gasteiger partial charge in [0.1, 0.15) is 0 Å². The highest BCUT2D eigenvalue weighted by molar-refractivity contribution is 7.11. The highest BCUT2D eigenvalue weighted by Gasteiger charge is 2.23. The first-order chi connectivity index (χ1) is 5.82. The monoisotopic (exact) mass is 198 g/mol. The Morgan fingerprint density at radius 1 is 1.38 bits per heavy atom. The molecule has 0 saturated carbocycles. The van der Waals surface area contributed by atoms with Crippen molar-refractivity contribution in [3.8, 4) is 0 Å². The molecule has 0 aliphatic heterocycles. The van der Waals surface area contributed by atoms with Crippen LogP contribution in [0.3, 0.4) is 0 Å². The van der Waals surface area contributed by atoms with Crippen LogP contribution in [0.1, 0.15) is 49.3 Å². The normalized spacial score (nSPS) is 14.6. The van der Waals surface area contributed by atoms with E-state index in [2.05, 4.69) is 25.8 Å². The van der Waals surface area contributed by atoms with Gasteiger partial charge < -0.3 is 5.73 Å². The quantitative estimate of drug-likeness (QED) is 0.753. The van der Waals surface area contributed by atoms with E-state index in [1.807, 2.05) is 13.8 Å². The molecule has 3 heteroatoms. The molecule has 2 nitrogen and oxygen atoms in total. The molecule has 13 heavy (non-hydrogen) atoms. The van der Waals surface area contributed by atoms with Crippen molar-refractivity contribution in [1.82, 2.24) is 4.98 Å². The third-order valence-electron chi connectivity index (χ3n) is 1.88. The second-order valence-corrected chi connectivity index (χ2v) is 5.72. The summed E-state index contributed by atoms with van der Waals surface area (Å²) >= 11 is 1.71. The molecule has 0 aromatic carbocycles. The van der Waals surface area contributed by atoms with Crippen molar-refractivity contribution in [3.05, 3.63) is 15.6 Å². The van der Waals surface area contributed by atoms with E-state index in [9.17, 15) is 0 Å². The van der Waals surface area contributed by atoms with Crippen molar-refractivity contribution in [3.63, 3.8) is 0 Å². The van der Waals surface area contributed by atoms with Gasteiger partial charge in [0, 0.05) is 16.3 Å². The average molecular weight is 198 g/mol. The van der Waals surface area contributed by atoms with Crippen LogP contribution < -0.4 is 5.73 Å². The van der Waals surface area contributed by atoms with Crippen LogP contribution in [0.15, 0.2) is 0 Å². The van der Waals surface area contributed by atoms with Gasteiger partial charge in [0.15, 0.2) is 0 Å².